The van der Waals surface area contributed by atoms with Gasteiger partial charge in [0.2, 0.25) is 5.91 Å². The average Bonchev–Trinajstić information content (AvgIpc) is 3.32. The van der Waals surface area contributed by atoms with Crippen LogP contribution in [0.2, 0.25) is 0 Å². The number of hydrogen-bond donors (Lipinski definition) is 2. The van der Waals surface area contributed by atoms with Gasteiger partial charge >= 0.3 is 5.97 Å². The maximum absolute atomic E-state index is 13.2. The summed E-state index contributed by atoms with van der Waals surface area (Å²) in [7, 11) is 6.34. The van der Waals surface area contributed by atoms with Crippen molar-refractivity contribution in [2.75, 3.05) is 28.4 Å². The van der Waals surface area contributed by atoms with Crippen LogP contribution in [0.5, 0.6) is 23.0 Å². The molecule has 2 aromatic rings. The van der Waals surface area contributed by atoms with E-state index in [1.807, 2.05) is 36.4 Å². The zero-order valence-electron chi connectivity index (χ0n) is 21.5. The molecule has 2 aromatic carbocycles. The van der Waals surface area contributed by atoms with Crippen molar-refractivity contribution in [3.05, 3.63) is 64.4 Å². The standard InChI is InChI=1S/C28H32N2O7/c1-34-21-10-8-17(15-23(21)36-3)14-18-6-5-7-20-27(18)29-30(25(31)12-13-26(32)33)28(20)19-9-11-22(35-2)24(16-19)37-4/h8-11,14-16,28-29H,5-7,12-13H2,1-4H3,(H,32,33)/b18-14+/t28-/m1/s1. The highest BCUT2D eigenvalue weighted by Crippen LogP contribution is 2.45. The van der Waals surface area contributed by atoms with E-state index in [1.54, 1.807) is 33.4 Å². The Morgan fingerprint density at radius 3 is 2.22 bits per heavy atom. The minimum Gasteiger partial charge on any atom is -0.493 e. The molecule has 9 heteroatoms. The predicted molar refractivity (Wildman–Crippen MR) is 138 cm³/mol. The number of benzene rings is 2. The lowest BCUT2D eigenvalue weighted by atomic mass is 9.85. The minimum absolute atomic E-state index is 0.110. The van der Waals surface area contributed by atoms with Crippen molar-refractivity contribution in [2.24, 2.45) is 0 Å². The van der Waals surface area contributed by atoms with E-state index >= 15 is 0 Å². The molecule has 1 amide bonds. The molecule has 1 aliphatic heterocycles. The molecule has 2 aliphatic rings. The fourth-order valence-electron chi connectivity index (χ4n) is 4.89. The lowest BCUT2D eigenvalue weighted by Crippen LogP contribution is -2.40. The van der Waals surface area contributed by atoms with Gasteiger partial charge in [-0.05, 0) is 71.9 Å². The van der Waals surface area contributed by atoms with Crippen molar-refractivity contribution in [1.82, 2.24) is 10.4 Å². The van der Waals surface area contributed by atoms with Crippen LogP contribution in [-0.4, -0.2) is 50.4 Å². The van der Waals surface area contributed by atoms with Crippen LogP contribution in [0, 0.1) is 0 Å². The molecule has 2 N–H and O–H groups in total. The van der Waals surface area contributed by atoms with Crippen LogP contribution >= 0.6 is 0 Å². The molecular weight excluding hydrogens is 476 g/mol. The third-order valence-electron chi connectivity index (χ3n) is 6.65. The number of aliphatic carboxylic acids is 1. The largest absolute Gasteiger partial charge is 0.493 e. The minimum atomic E-state index is -1.01. The van der Waals surface area contributed by atoms with Crippen LogP contribution < -0.4 is 24.4 Å². The maximum atomic E-state index is 13.2. The first kappa shape index (κ1) is 25.9. The average molecular weight is 509 g/mol. The molecule has 37 heavy (non-hydrogen) atoms. The number of carbonyl (C=O) groups is 2. The number of carboxylic acids is 1. The summed E-state index contributed by atoms with van der Waals surface area (Å²) in [6.45, 7) is 0. The van der Waals surface area contributed by atoms with Crippen LogP contribution in [0.4, 0.5) is 0 Å². The van der Waals surface area contributed by atoms with E-state index in [0.717, 1.165) is 47.2 Å². The Labute approximate surface area is 216 Å². The molecule has 0 fully saturated rings. The van der Waals surface area contributed by atoms with Crippen molar-refractivity contribution in [2.45, 2.75) is 38.1 Å². The van der Waals surface area contributed by atoms with Crippen molar-refractivity contribution in [3.63, 3.8) is 0 Å². The van der Waals surface area contributed by atoms with E-state index in [0.29, 0.717) is 23.0 Å². The lowest BCUT2D eigenvalue weighted by Gasteiger charge is -2.27. The van der Waals surface area contributed by atoms with Crippen molar-refractivity contribution in [3.8, 4) is 23.0 Å². The maximum Gasteiger partial charge on any atom is 0.303 e. The highest BCUT2D eigenvalue weighted by Gasteiger charge is 2.39. The monoisotopic (exact) mass is 508 g/mol. The third-order valence-corrected chi connectivity index (χ3v) is 6.65. The number of methoxy groups -OCH3 is 4. The van der Waals surface area contributed by atoms with Gasteiger partial charge in [-0.1, -0.05) is 12.1 Å². The molecule has 0 radical (unpaired) electrons. The van der Waals surface area contributed by atoms with Crippen LogP contribution in [0.25, 0.3) is 6.08 Å². The summed E-state index contributed by atoms with van der Waals surface area (Å²) in [6.07, 6.45) is 4.28. The Hall–Kier alpha value is -4.14. The number of nitrogens with zero attached hydrogens (tertiary/aromatic N) is 1. The summed E-state index contributed by atoms with van der Waals surface area (Å²) in [5.74, 6) is 1.13. The second-order valence-electron chi connectivity index (χ2n) is 8.82. The van der Waals surface area contributed by atoms with Crippen LogP contribution in [0.15, 0.2) is 53.2 Å². The predicted octanol–water partition coefficient (Wildman–Crippen LogP) is 4.50. The van der Waals surface area contributed by atoms with E-state index in [-0.39, 0.29) is 18.7 Å². The number of rotatable bonds is 9. The number of hydrazine groups is 1. The van der Waals surface area contributed by atoms with Gasteiger partial charge in [-0.15, -0.1) is 0 Å². The molecular formula is C28H32N2O7. The van der Waals surface area contributed by atoms with E-state index < -0.39 is 12.0 Å². The molecule has 1 atom stereocenters. The summed E-state index contributed by atoms with van der Waals surface area (Å²) in [4.78, 5) is 24.4. The zero-order valence-corrected chi connectivity index (χ0v) is 21.5. The normalized spacial score (nSPS) is 17.8. The second kappa shape index (κ2) is 11.3. The van der Waals surface area contributed by atoms with Gasteiger partial charge in [0, 0.05) is 6.42 Å². The zero-order chi connectivity index (χ0) is 26.5. The first-order valence-electron chi connectivity index (χ1n) is 12.1. The van der Waals surface area contributed by atoms with Crippen molar-refractivity contribution < 1.29 is 33.6 Å². The summed E-state index contributed by atoms with van der Waals surface area (Å²) in [6, 6.07) is 10.9. The van der Waals surface area contributed by atoms with Gasteiger partial charge in [0.15, 0.2) is 23.0 Å². The molecule has 0 spiro atoms. The van der Waals surface area contributed by atoms with E-state index in [4.69, 9.17) is 24.1 Å². The van der Waals surface area contributed by atoms with Gasteiger partial charge in [0.25, 0.3) is 0 Å². The molecule has 4 rings (SSSR count). The Kier molecular flexibility index (Phi) is 7.91. The Morgan fingerprint density at radius 1 is 0.919 bits per heavy atom. The molecule has 0 saturated heterocycles. The molecule has 0 unspecified atom stereocenters. The van der Waals surface area contributed by atoms with E-state index in [2.05, 4.69) is 11.5 Å². The third kappa shape index (κ3) is 5.35. The number of allylic oxidation sites excluding steroid dienone is 1. The van der Waals surface area contributed by atoms with Gasteiger partial charge in [0.05, 0.1) is 40.6 Å². The molecule has 0 saturated carbocycles. The van der Waals surface area contributed by atoms with Crippen LogP contribution in [-0.2, 0) is 9.59 Å². The number of ether oxygens (including phenoxy) is 4. The quantitative estimate of drug-likeness (QED) is 0.510. The second-order valence-corrected chi connectivity index (χ2v) is 8.82. The summed E-state index contributed by atoms with van der Waals surface area (Å²) < 4.78 is 21.7. The number of carbonyl (C=O) groups excluding carboxylic acids is 1. The van der Waals surface area contributed by atoms with Crippen molar-refractivity contribution in [1.29, 1.82) is 0 Å². The van der Waals surface area contributed by atoms with Gasteiger partial charge in [-0.3, -0.25) is 15.0 Å². The smallest absolute Gasteiger partial charge is 0.303 e. The molecule has 0 bridgehead atoms. The summed E-state index contributed by atoms with van der Waals surface area (Å²) in [5.41, 5.74) is 8.16. The molecule has 196 valence electrons. The van der Waals surface area contributed by atoms with E-state index in [9.17, 15) is 9.59 Å². The highest BCUT2D eigenvalue weighted by atomic mass is 16.5. The Bertz CT molecular complexity index is 1250. The summed E-state index contributed by atoms with van der Waals surface area (Å²) >= 11 is 0. The Morgan fingerprint density at radius 2 is 1.57 bits per heavy atom. The number of carboxylic acid groups (broad SMARTS) is 1. The fraction of sp³-hybridized carbons (Fsp3) is 0.357. The fourth-order valence-corrected chi connectivity index (χ4v) is 4.89. The number of amides is 1. The summed E-state index contributed by atoms with van der Waals surface area (Å²) in [5, 5.41) is 10.7. The van der Waals surface area contributed by atoms with Crippen molar-refractivity contribution >= 4 is 18.0 Å². The lowest BCUT2D eigenvalue weighted by molar-refractivity contribution is -0.142. The topological polar surface area (TPSA) is 107 Å². The highest BCUT2D eigenvalue weighted by molar-refractivity contribution is 5.82. The van der Waals surface area contributed by atoms with Gasteiger partial charge < -0.3 is 24.1 Å². The number of hydrogen-bond acceptors (Lipinski definition) is 7. The van der Waals surface area contributed by atoms with Crippen LogP contribution in [0.3, 0.4) is 0 Å². The molecule has 0 aromatic heterocycles. The van der Waals surface area contributed by atoms with Crippen LogP contribution in [0.1, 0.15) is 49.3 Å². The van der Waals surface area contributed by atoms with E-state index in [1.165, 1.54) is 0 Å². The SMILES string of the molecule is COc1ccc(/C=C2\CCCC3=C2NN(C(=O)CCC(=O)O)[C@@H]3c2ccc(OC)c(OC)c2)cc1OC. The molecule has 9 nitrogen and oxygen atoms in total. The number of nitrogens with one attached hydrogen (secondary N) is 1. The first-order chi connectivity index (χ1) is 17.9. The van der Waals surface area contributed by atoms with Gasteiger partial charge in [-0.25, -0.2) is 5.01 Å². The molecule has 1 heterocycles. The van der Waals surface area contributed by atoms with Gasteiger partial charge in [0.1, 0.15) is 6.04 Å². The Balaban J connectivity index is 1.76. The van der Waals surface area contributed by atoms with Gasteiger partial charge in [-0.2, -0.15) is 0 Å². The first-order valence-corrected chi connectivity index (χ1v) is 12.1. The molecule has 1 aliphatic carbocycles.